The Kier molecular flexibility index (Phi) is 4.04. The Labute approximate surface area is 138 Å². The van der Waals surface area contributed by atoms with Crippen molar-refractivity contribution in [1.82, 2.24) is 5.01 Å². The minimum Gasteiger partial charge on any atom is -0.312 e. The fraction of sp³-hybridized carbons (Fsp3) is 0.438. The van der Waals surface area contributed by atoms with Crippen molar-refractivity contribution >= 4 is 38.4 Å². The Hall–Kier alpha value is -1.69. The van der Waals surface area contributed by atoms with Crippen molar-refractivity contribution in [2.45, 2.75) is 38.8 Å². The lowest BCUT2D eigenvalue weighted by Gasteiger charge is -2.34. The zero-order valence-electron chi connectivity index (χ0n) is 12.6. The molecule has 116 valence electrons. The van der Waals surface area contributed by atoms with Crippen molar-refractivity contribution in [2.75, 3.05) is 11.4 Å². The number of carbonyl (C=O) groups is 2. The first-order valence-electron chi connectivity index (χ1n) is 7.45. The lowest BCUT2D eigenvalue weighted by Crippen LogP contribution is -2.36. The second kappa shape index (κ2) is 5.83. The van der Waals surface area contributed by atoms with Crippen molar-refractivity contribution in [1.29, 1.82) is 0 Å². The molecule has 0 radical (unpaired) electrons. The van der Waals surface area contributed by atoms with Crippen molar-refractivity contribution < 1.29 is 9.59 Å². The molecule has 6 heteroatoms. The van der Waals surface area contributed by atoms with Crippen LogP contribution in [0.4, 0.5) is 5.69 Å². The van der Waals surface area contributed by atoms with Gasteiger partial charge in [0.05, 0.1) is 0 Å². The first-order chi connectivity index (χ1) is 10.5. The molecule has 1 saturated heterocycles. The van der Waals surface area contributed by atoms with Gasteiger partial charge in [0.2, 0.25) is 5.91 Å². The molecule has 0 saturated carbocycles. The van der Waals surface area contributed by atoms with Crippen LogP contribution in [0.3, 0.4) is 0 Å². The van der Waals surface area contributed by atoms with Crippen LogP contribution < -0.4 is 4.90 Å². The number of rotatable bonds is 3. The van der Waals surface area contributed by atoms with E-state index in [2.05, 4.69) is 21.0 Å². The zero-order chi connectivity index (χ0) is 15.9. The maximum atomic E-state index is 11.9. The Morgan fingerprint density at radius 3 is 2.77 bits per heavy atom. The summed E-state index contributed by atoms with van der Waals surface area (Å²) in [5, 5.41) is 6.26. The SMILES string of the molecule is CC(C)N1N=C(Br)c2ccc(N3CCCC3=O)cc2C1C=O. The fourth-order valence-corrected chi connectivity index (χ4v) is 3.55. The molecule has 1 aromatic carbocycles. The summed E-state index contributed by atoms with van der Waals surface area (Å²) >= 11 is 3.48. The summed E-state index contributed by atoms with van der Waals surface area (Å²) in [6.07, 6.45) is 2.39. The van der Waals surface area contributed by atoms with E-state index in [1.165, 1.54) is 0 Å². The van der Waals surface area contributed by atoms with Gasteiger partial charge in [-0.05, 0) is 60.0 Å². The molecule has 5 nitrogen and oxygen atoms in total. The number of halogens is 1. The molecule has 22 heavy (non-hydrogen) atoms. The van der Waals surface area contributed by atoms with Gasteiger partial charge in [-0.15, -0.1) is 0 Å². The summed E-state index contributed by atoms with van der Waals surface area (Å²) in [6.45, 7) is 4.74. The molecule has 2 aliphatic rings. The second-order valence-corrected chi connectivity index (χ2v) is 6.62. The van der Waals surface area contributed by atoms with E-state index in [0.29, 0.717) is 11.0 Å². The van der Waals surface area contributed by atoms with Gasteiger partial charge in [0.25, 0.3) is 0 Å². The van der Waals surface area contributed by atoms with Crippen LogP contribution in [0.2, 0.25) is 0 Å². The molecule has 1 atom stereocenters. The molecule has 0 spiro atoms. The lowest BCUT2D eigenvalue weighted by molar-refractivity contribution is -0.117. The number of nitrogens with zero attached hydrogens (tertiary/aromatic N) is 3. The van der Waals surface area contributed by atoms with Crippen molar-refractivity contribution in [3.63, 3.8) is 0 Å². The van der Waals surface area contributed by atoms with Crippen molar-refractivity contribution in [2.24, 2.45) is 5.10 Å². The molecule has 0 N–H and O–H groups in total. The van der Waals surface area contributed by atoms with Gasteiger partial charge in [-0.1, -0.05) is 0 Å². The largest absolute Gasteiger partial charge is 0.312 e. The quantitative estimate of drug-likeness (QED) is 0.775. The normalized spacial score (nSPS) is 21.2. The molecule has 1 fully saturated rings. The minimum absolute atomic E-state index is 0.105. The van der Waals surface area contributed by atoms with Gasteiger partial charge in [0, 0.05) is 30.3 Å². The summed E-state index contributed by atoms with van der Waals surface area (Å²) in [5.41, 5.74) is 2.66. The lowest BCUT2D eigenvalue weighted by atomic mass is 9.98. The van der Waals surface area contributed by atoms with Crippen LogP contribution in [-0.4, -0.2) is 34.4 Å². The molecule has 0 aliphatic carbocycles. The summed E-state index contributed by atoms with van der Waals surface area (Å²) < 4.78 is 0.716. The number of hydrogen-bond acceptors (Lipinski definition) is 4. The highest BCUT2D eigenvalue weighted by molar-refractivity contribution is 9.18. The molecule has 2 aliphatic heterocycles. The van der Waals surface area contributed by atoms with Crippen LogP contribution in [0.5, 0.6) is 0 Å². The third kappa shape index (κ3) is 2.45. The number of carbonyl (C=O) groups excluding carboxylic acids is 2. The molecule has 2 heterocycles. The summed E-state index contributed by atoms with van der Waals surface area (Å²) in [7, 11) is 0. The summed E-state index contributed by atoms with van der Waals surface area (Å²) in [6, 6.07) is 5.48. The zero-order valence-corrected chi connectivity index (χ0v) is 14.2. The predicted octanol–water partition coefficient (Wildman–Crippen LogP) is 2.83. The third-order valence-electron chi connectivity index (χ3n) is 4.11. The number of amides is 1. The van der Waals surface area contributed by atoms with Gasteiger partial charge in [0.15, 0.2) is 0 Å². The number of benzene rings is 1. The van der Waals surface area contributed by atoms with Crippen LogP contribution in [-0.2, 0) is 9.59 Å². The monoisotopic (exact) mass is 363 g/mol. The molecule has 0 aromatic heterocycles. The second-order valence-electron chi connectivity index (χ2n) is 5.87. The first kappa shape index (κ1) is 15.2. The highest BCUT2D eigenvalue weighted by atomic mass is 79.9. The molecule has 1 aromatic rings. The van der Waals surface area contributed by atoms with Gasteiger partial charge < -0.3 is 9.69 Å². The highest BCUT2D eigenvalue weighted by Crippen LogP contribution is 2.35. The van der Waals surface area contributed by atoms with Crippen LogP contribution in [0.1, 0.15) is 43.9 Å². The molecular weight excluding hydrogens is 346 g/mol. The molecule has 3 rings (SSSR count). The van der Waals surface area contributed by atoms with E-state index in [-0.39, 0.29) is 11.9 Å². The van der Waals surface area contributed by atoms with E-state index < -0.39 is 6.04 Å². The number of hydrazone groups is 1. The van der Waals surface area contributed by atoms with Gasteiger partial charge in [-0.3, -0.25) is 9.80 Å². The van der Waals surface area contributed by atoms with E-state index in [1.54, 1.807) is 9.91 Å². The molecule has 1 amide bonds. The van der Waals surface area contributed by atoms with E-state index in [4.69, 9.17) is 0 Å². The standard InChI is InChI=1S/C16H18BrN3O2/c1-10(2)20-14(9-21)13-8-11(19-7-3-4-15(19)22)5-6-12(13)16(17)18-20/h5-6,8-10,14H,3-4,7H2,1-2H3. The first-order valence-corrected chi connectivity index (χ1v) is 8.24. The molecular formula is C16H18BrN3O2. The minimum atomic E-state index is -0.422. The van der Waals surface area contributed by atoms with E-state index in [1.807, 2.05) is 32.0 Å². The highest BCUT2D eigenvalue weighted by Gasteiger charge is 2.31. The third-order valence-corrected chi connectivity index (χ3v) is 4.69. The summed E-state index contributed by atoms with van der Waals surface area (Å²) in [4.78, 5) is 25.4. The van der Waals surface area contributed by atoms with E-state index in [0.717, 1.165) is 36.1 Å². The Balaban J connectivity index is 2.07. The van der Waals surface area contributed by atoms with Crippen molar-refractivity contribution in [3.05, 3.63) is 29.3 Å². The van der Waals surface area contributed by atoms with E-state index >= 15 is 0 Å². The summed E-state index contributed by atoms with van der Waals surface area (Å²) in [5.74, 6) is 0.145. The topological polar surface area (TPSA) is 53.0 Å². The average molecular weight is 364 g/mol. The van der Waals surface area contributed by atoms with Gasteiger partial charge in [0.1, 0.15) is 16.9 Å². The number of fused-ring (bicyclic) bond motifs is 1. The molecule has 1 unspecified atom stereocenters. The smallest absolute Gasteiger partial charge is 0.227 e. The average Bonchev–Trinajstić information content (AvgIpc) is 2.92. The predicted molar refractivity (Wildman–Crippen MR) is 89.3 cm³/mol. The maximum Gasteiger partial charge on any atom is 0.227 e. The van der Waals surface area contributed by atoms with Gasteiger partial charge in [-0.25, -0.2) is 0 Å². The van der Waals surface area contributed by atoms with Crippen LogP contribution in [0.15, 0.2) is 23.3 Å². The Bertz CT molecular complexity index is 657. The molecule has 0 bridgehead atoms. The van der Waals surface area contributed by atoms with Crippen LogP contribution in [0, 0.1) is 0 Å². The Morgan fingerprint density at radius 2 is 2.18 bits per heavy atom. The van der Waals surface area contributed by atoms with Crippen LogP contribution >= 0.6 is 15.9 Å². The number of hydrogen-bond donors (Lipinski definition) is 0. The van der Waals surface area contributed by atoms with Gasteiger partial charge in [-0.2, -0.15) is 5.10 Å². The van der Waals surface area contributed by atoms with Gasteiger partial charge >= 0.3 is 0 Å². The van der Waals surface area contributed by atoms with Crippen LogP contribution in [0.25, 0.3) is 0 Å². The number of aldehydes is 1. The van der Waals surface area contributed by atoms with E-state index in [9.17, 15) is 9.59 Å². The maximum absolute atomic E-state index is 11.9. The number of anilines is 1. The van der Waals surface area contributed by atoms with Crippen molar-refractivity contribution in [3.8, 4) is 0 Å². The fourth-order valence-electron chi connectivity index (χ4n) is 3.00. The Morgan fingerprint density at radius 1 is 1.41 bits per heavy atom.